The summed E-state index contributed by atoms with van der Waals surface area (Å²) in [7, 11) is 3.40. The van der Waals surface area contributed by atoms with Gasteiger partial charge in [-0.05, 0) is 18.9 Å². The van der Waals surface area contributed by atoms with E-state index in [0.717, 1.165) is 0 Å². The average Bonchev–Trinajstić information content (AvgIpc) is 2.58. The van der Waals surface area contributed by atoms with Crippen LogP contribution in [0.25, 0.3) is 0 Å². The maximum absolute atomic E-state index is 12.4. The molecule has 2 heterocycles. The SMILES string of the molecule is CN(C)C(=O)C1CCN(C(=O)c2ccc(OCC(F)(F)F)nc2)CC1. The Morgan fingerprint density at radius 1 is 1.28 bits per heavy atom. The number of ether oxygens (including phenoxy) is 1. The second kappa shape index (κ2) is 7.71. The van der Waals surface area contributed by atoms with E-state index in [2.05, 4.69) is 9.72 Å². The third-order valence-corrected chi connectivity index (χ3v) is 3.94. The van der Waals surface area contributed by atoms with Gasteiger partial charge in [-0.15, -0.1) is 0 Å². The molecule has 0 N–H and O–H groups in total. The molecule has 0 atom stereocenters. The predicted molar refractivity (Wildman–Crippen MR) is 83.1 cm³/mol. The summed E-state index contributed by atoms with van der Waals surface area (Å²) in [5, 5.41) is 0. The number of carbonyl (C=O) groups is 2. The molecule has 1 aliphatic rings. The van der Waals surface area contributed by atoms with E-state index in [1.54, 1.807) is 23.9 Å². The molecule has 1 aromatic rings. The van der Waals surface area contributed by atoms with Crippen LogP contribution < -0.4 is 4.74 Å². The standard InChI is InChI=1S/C16H20F3N3O3/c1-21(2)14(23)11-5-7-22(8-6-11)15(24)12-3-4-13(20-9-12)25-10-16(17,18)19/h3-4,9,11H,5-8,10H2,1-2H3. The van der Waals surface area contributed by atoms with Crippen molar-refractivity contribution in [1.29, 1.82) is 0 Å². The molecule has 2 rings (SSSR count). The van der Waals surface area contributed by atoms with Gasteiger partial charge in [0, 0.05) is 45.4 Å². The van der Waals surface area contributed by atoms with E-state index in [1.165, 1.54) is 18.3 Å². The topological polar surface area (TPSA) is 62.7 Å². The van der Waals surface area contributed by atoms with Gasteiger partial charge in [-0.25, -0.2) is 4.98 Å². The minimum absolute atomic E-state index is 0.0555. The van der Waals surface area contributed by atoms with E-state index >= 15 is 0 Å². The second-order valence-corrected chi connectivity index (χ2v) is 6.09. The lowest BCUT2D eigenvalue weighted by Gasteiger charge is -2.32. The van der Waals surface area contributed by atoms with Gasteiger partial charge in [-0.2, -0.15) is 13.2 Å². The van der Waals surface area contributed by atoms with Crippen molar-refractivity contribution in [2.45, 2.75) is 19.0 Å². The van der Waals surface area contributed by atoms with Crippen LogP contribution >= 0.6 is 0 Å². The zero-order valence-corrected chi connectivity index (χ0v) is 14.0. The van der Waals surface area contributed by atoms with Crippen LogP contribution in [0.15, 0.2) is 18.3 Å². The van der Waals surface area contributed by atoms with Crippen molar-refractivity contribution in [3.05, 3.63) is 23.9 Å². The number of nitrogens with zero attached hydrogens (tertiary/aromatic N) is 3. The second-order valence-electron chi connectivity index (χ2n) is 6.09. The first-order chi connectivity index (χ1) is 11.7. The van der Waals surface area contributed by atoms with Gasteiger partial charge < -0.3 is 14.5 Å². The number of rotatable bonds is 4. The predicted octanol–water partition coefficient (Wildman–Crippen LogP) is 1.96. The number of likely N-dealkylation sites (tertiary alicyclic amines) is 1. The normalized spacial score (nSPS) is 15.8. The maximum Gasteiger partial charge on any atom is 0.422 e. The molecule has 0 aliphatic carbocycles. The number of pyridine rings is 1. The van der Waals surface area contributed by atoms with Gasteiger partial charge in [0.2, 0.25) is 11.8 Å². The van der Waals surface area contributed by atoms with Crippen molar-refractivity contribution in [2.75, 3.05) is 33.8 Å². The first kappa shape index (κ1) is 19.0. The summed E-state index contributed by atoms with van der Waals surface area (Å²) < 4.78 is 40.8. The highest BCUT2D eigenvalue weighted by atomic mass is 19.4. The molecule has 0 aromatic carbocycles. The van der Waals surface area contributed by atoms with Crippen LogP contribution in [0.4, 0.5) is 13.2 Å². The molecule has 0 bridgehead atoms. The highest BCUT2D eigenvalue weighted by Gasteiger charge is 2.30. The summed E-state index contributed by atoms with van der Waals surface area (Å²) in [6.07, 6.45) is -2.07. The van der Waals surface area contributed by atoms with Crippen LogP contribution in [0.1, 0.15) is 23.2 Å². The molecular weight excluding hydrogens is 339 g/mol. The van der Waals surface area contributed by atoms with Gasteiger partial charge in [0.05, 0.1) is 5.56 Å². The number of hydrogen-bond acceptors (Lipinski definition) is 4. The summed E-state index contributed by atoms with van der Waals surface area (Å²) in [5.74, 6) is -0.481. The Kier molecular flexibility index (Phi) is 5.86. The Hall–Kier alpha value is -2.32. The van der Waals surface area contributed by atoms with E-state index in [-0.39, 0.29) is 29.2 Å². The van der Waals surface area contributed by atoms with Crippen molar-refractivity contribution >= 4 is 11.8 Å². The molecule has 0 radical (unpaired) electrons. The zero-order chi connectivity index (χ0) is 18.6. The molecule has 1 aliphatic heterocycles. The molecule has 2 amide bonds. The van der Waals surface area contributed by atoms with E-state index in [4.69, 9.17) is 0 Å². The maximum atomic E-state index is 12.4. The Morgan fingerprint density at radius 2 is 1.92 bits per heavy atom. The highest BCUT2D eigenvalue weighted by Crippen LogP contribution is 2.21. The monoisotopic (exact) mass is 359 g/mol. The van der Waals surface area contributed by atoms with Gasteiger partial charge in [0.1, 0.15) is 0 Å². The Bertz CT molecular complexity index is 609. The summed E-state index contributed by atoms with van der Waals surface area (Å²) in [5.41, 5.74) is 0.275. The van der Waals surface area contributed by atoms with Crippen molar-refractivity contribution in [1.82, 2.24) is 14.8 Å². The minimum Gasteiger partial charge on any atom is -0.468 e. The summed E-state index contributed by atoms with van der Waals surface area (Å²) >= 11 is 0. The van der Waals surface area contributed by atoms with Crippen molar-refractivity contribution < 1.29 is 27.5 Å². The average molecular weight is 359 g/mol. The van der Waals surface area contributed by atoms with Crippen LogP contribution in [-0.4, -0.2) is 66.6 Å². The number of piperidine rings is 1. The third-order valence-electron chi connectivity index (χ3n) is 3.94. The van der Waals surface area contributed by atoms with Crippen LogP contribution in [0, 0.1) is 5.92 Å². The fraction of sp³-hybridized carbons (Fsp3) is 0.562. The Balaban J connectivity index is 1.90. The molecular formula is C16H20F3N3O3. The summed E-state index contributed by atoms with van der Waals surface area (Å²) in [6.45, 7) is -0.522. The molecule has 138 valence electrons. The molecule has 0 unspecified atom stereocenters. The molecule has 6 nitrogen and oxygen atoms in total. The largest absolute Gasteiger partial charge is 0.468 e. The van der Waals surface area contributed by atoms with E-state index < -0.39 is 12.8 Å². The number of alkyl halides is 3. The highest BCUT2D eigenvalue weighted by molar-refractivity contribution is 5.94. The van der Waals surface area contributed by atoms with Crippen LogP contribution in [0.5, 0.6) is 5.88 Å². The number of aromatic nitrogens is 1. The fourth-order valence-electron chi connectivity index (χ4n) is 2.63. The Morgan fingerprint density at radius 3 is 2.40 bits per heavy atom. The molecule has 1 aromatic heterocycles. The summed E-state index contributed by atoms with van der Waals surface area (Å²) in [6, 6.07) is 2.62. The number of carbonyl (C=O) groups excluding carboxylic acids is 2. The van der Waals surface area contributed by atoms with Crippen LogP contribution in [-0.2, 0) is 4.79 Å². The van der Waals surface area contributed by atoms with Gasteiger partial charge in [0.15, 0.2) is 6.61 Å². The minimum atomic E-state index is -4.44. The lowest BCUT2D eigenvalue weighted by molar-refractivity contribution is -0.154. The fourth-order valence-corrected chi connectivity index (χ4v) is 2.63. The van der Waals surface area contributed by atoms with Crippen molar-refractivity contribution in [3.63, 3.8) is 0 Å². The lowest BCUT2D eigenvalue weighted by atomic mass is 9.95. The number of amides is 2. The van der Waals surface area contributed by atoms with Crippen LogP contribution in [0.2, 0.25) is 0 Å². The lowest BCUT2D eigenvalue weighted by Crippen LogP contribution is -2.42. The Labute approximate surface area is 143 Å². The zero-order valence-electron chi connectivity index (χ0n) is 14.0. The molecule has 1 saturated heterocycles. The van der Waals surface area contributed by atoms with Crippen molar-refractivity contribution in [2.24, 2.45) is 5.92 Å². The molecule has 0 saturated carbocycles. The smallest absolute Gasteiger partial charge is 0.422 e. The van der Waals surface area contributed by atoms with Gasteiger partial charge in [-0.3, -0.25) is 9.59 Å². The van der Waals surface area contributed by atoms with E-state index in [1.807, 2.05) is 0 Å². The van der Waals surface area contributed by atoms with E-state index in [0.29, 0.717) is 25.9 Å². The van der Waals surface area contributed by atoms with Gasteiger partial charge in [0.25, 0.3) is 5.91 Å². The first-order valence-electron chi connectivity index (χ1n) is 7.83. The van der Waals surface area contributed by atoms with Crippen molar-refractivity contribution in [3.8, 4) is 5.88 Å². The third kappa shape index (κ3) is 5.33. The molecule has 0 spiro atoms. The molecule has 9 heteroatoms. The molecule has 1 fully saturated rings. The quantitative estimate of drug-likeness (QED) is 0.825. The molecule has 25 heavy (non-hydrogen) atoms. The van der Waals surface area contributed by atoms with Crippen LogP contribution in [0.3, 0.4) is 0 Å². The number of hydrogen-bond donors (Lipinski definition) is 0. The van der Waals surface area contributed by atoms with Gasteiger partial charge >= 0.3 is 6.18 Å². The first-order valence-corrected chi connectivity index (χ1v) is 7.83. The van der Waals surface area contributed by atoms with Gasteiger partial charge in [-0.1, -0.05) is 0 Å². The van der Waals surface area contributed by atoms with E-state index in [9.17, 15) is 22.8 Å². The summed E-state index contributed by atoms with van der Waals surface area (Å²) in [4.78, 5) is 31.2. The number of halogens is 3.